The maximum absolute atomic E-state index is 12.4. The number of morpholine rings is 1. The average molecular weight is 367 g/mol. The molecule has 5 nitrogen and oxygen atoms in total. The zero-order chi connectivity index (χ0) is 16.8. The molecule has 1 atom stereocenters. The molecular formula is C17H22N2O3S2. The highest BCUT2D eigenvalue weighted by Gasteiger charge is 2.24. The fourth-order valence-corrected chi connectivity index (χ4v) is 4.96. The molecule has 2 heterocycles. The molecule has 0 spiro atoms. The number of nitrogens with one attached hydrogen (secondary N) is 1. The molecule has 1 aromatic carbocycles. The van der Waals surface area contributed by atoms with Crippen LogP contribution in [0.1, 0.15) is 5.56 Å². The topological polar surface area (TPSA) is 58.6 Å². The monoisotopic (exact) mass is 366 g/mol. The van der Waals surface area contributed by atoms with Crippen molar-refractivity contribution >= 4 is 21.4 Å². The van der Waals surface area contributed by atoms with Crippen molar-refractivity contribution in [2.75, 3.05) is 32.8 Å². The summed E-state index contributed by atoms with van der Waals surface area (Å²) >= 11 is 1.24. The molecule has 1 aliphatic heterocycles. The van der Waals surface area contributed by atoms with Crippen molar-refractivity contribution in [3.8, 4) is 0 Å². The van der Waals surface area contributed by atoms with Crippen molar-refractivity contribution in [3.05, 3.63) is 53.4 Å². The van der Waals surface area contributed by atoms with E-state index in [-0.39, 0.29) is 6.04 Å². The summed E-state index contributed by atoms with van der Waals surface area (Å²) in [5.74, 6) is 0. The summed E-state index contributed by atoms with van der Waals surface area (Å²) in [7, 11) is -3.43. The van der Waals surface area contributed by atoms with Gasteiger partial charge in [0.25, 0.3) is 0 Å². The number of rotatable bonds is 7. The van der Waals surface area contributed by atoms with Gasteiger partial charge in [-0.3, -0.25) is 4.90 Å². The SMILES string of the molecule is O=S(=O)(NCC(Cc1ccccc1)N1CCOCC1)c1cccs1. The van der Waals surface area contributed by atoms with E-state index in [1.54, 1.807) is 17.5 Å². The largest absolute Gasteiger partial charge is 0.379 e. The van der Waals surface area contributed by atoms with Crippen LogP contribution in [0.5, 0.6) is 0 Å². The van der Waals surface area contributed by atoms with Gasteiger partial charge in [0.1, 0.15) is 4.21 Å². The van der Waals surface area contributed by atoms with Gasteiger partial charge in [0.05, 0.1) is 13.2 Å². The highest BCUT2D eigenvalue weighted by atomic mass is 32.2. The Kier molecular flexibility index (Phi) is 6.02. The molecule has 0 aliphatic carbocycles. The van der Waals surface area contributed by atoms with E-state index >= 15 is 0 Å². The van der Waals surface area contributed by atoms with Crippen LogP contribution in [0, 0.1) is 0 Å². The van der Waals surface area contributed by atoms with Gasteiger partial charge >= 0.3 is 0 Å². The van der Waals surface area contributed by atoms with Crippen molar-refractivity contribution in [2.24, 2.45) is 0 Å². The summed E-state index contributed by atoms with van der Waals surface area (Å²) in [6.07, 6.45) is 0.813. The quantitative estimate of drug-likeness (QED) is 0.814. The minimum atomic E-state index is -3.43. The van der Waals surface area contributed by atoms with Crippen LogP contribution in [-0.2, 0) is 21.2 Å². The predicted octanol–water partition coefficient (Wildman–Crippen LogP) is 1.97. The van der Waals surface area contributed by atoms with Crippen LogP contribution < -0.4 is 4.72 Å². The normalized spacial score (nSPS) is 17.7. The lowest BCUT2D eigenvalue weighted by molar-refractivity contribution is 0.0177. The van der Waals surface area contributed by atoms with Crippen LogP contribution in [0.15, 0.2) is 52.1 Å². The van der Waals surface area contributed by atoms with Crippen LogP contribution in [0.25, 0.3) is 0 Å². The lowest BCUT2D eigenvalue weighted by Crippen LogP contribution is -2.49. The third kappa shape index (κ3) is 4.64. The lowest BCUT2D eigenvalue weighted by Gasteiger charge is -2.34. The van der Waals surface area contributed by atoms with E-state index in [0.29, 0.717) is 24.0 Å². The Morgan fingerprint density at radius 2 is 1.88 bits per heavy atom. The smallest absolute Gasteiger partial charge is 0.250 e. The number of sulfonamides is 1. The van der Waals surface area contributed by atoms with Gasteiger partial charge in [-0.05, 0) is 23.4 Å². The first-order chi connectivity index (χ1) is 11.6. The van der Waals surface area contributed by atoms with Gasteiger partial charge in [-0.2, -0.15) is 0 Å². The summed E-state index contributed by atoms with van der Waals surface area (Å²) in [5.41, 5.74) is 1.21. The van der Waals surface area contributed by atoms with E-state index in [2.05, 4.69) is 21.8 Å². The van der Waals surface area contributed by atoms with Crippen LogP contribution in [0.4, 0.5) is 0 Å². The number of thiophene rings is 1. The van der Waals surface area contributed by atoms with Crippen molar-refractivity contribution in [2.45, 2.75) is 16.7 Å². The number of benzene rings is 1. The summed E-state index contributed by atoms with van der Waals surface area (Å²) in [6, 6.07) is 13.7. The molecule has 130 valence electrons. The van der Waals surface area contributed by atoms with Gasteiger partial charge < -0.3 is 4.74 Å². The fourth-order valence-electron chi connectivity index (χ4n) is 2.85. The Bertz CT molecular complexity index is 712. The molecule has 0 bridgehead atoms. The van der Waals surface area contributed by atoms with Crippen molar-refractivity contribution in [1.82, 2.24) is 9.62 Å². The molecule has 0 radical (unpaired) electrons. The van der Waals surface area contributed by atoms with Crippen LogP contribution >= 0.6 is 11.3 Å². The maximum Gasteiger partial charge on any atom is 0.250 e. The summed E-state index contributed by atoms with van der Waals surface area (Å²) in [6.45, 7) is 3.46. The minimum absolute atomic E-state index is 0.117. The Morgan fingerprint density at radius 1 is 1.12 bits per heavy atom. The zero-order valence-corrected chi connectivity index (χ0v) is 15.1. The summed E-state index contributed by atoms with van der Waals surface area (Å²) in [4.78, 5) is 2.31. The van der Waals surface area contributed by atoms with Crippen molar-refractivity contribution in [1.29, 1.82) is 0 Å². The number of hydrogen-bond acceptors (Lipinski definition) is 5. The Labute approximate surface area is 147 Å². The first-order valence-electron chi connectivity index (χ1n) is 8.04. The first-order valence-corrected chi connectivity index (χ1v) is 10.4. The third-order valence-corrected chi connectivity index (χ3v) is 6.97. The first kappa shape index (κ1) is 17.6. The van der Waals surface area contributed by atoms with Gasteiger partial charge in [-0.25, -0.2) is 13.1 Å². The Hall–Kier alpha value is -1.25. The second kappa shape index (κ2) is 8.22. The van der Waals surface area contributed by atoms with Gasteiger partial charge in [0, 0.05) is 25.7 Å². The molecule has 0 saturated carbocycles. The minimum Gasteiger partial charge on any atom is -0.379 e. The van der Waals surface area contributed by atoms with Gasteiger partial charge in [0.15, 0.2) is 0 Å². The average Bonchev–Trinajstić information content (AvgIpc) is 3.16. The number of nitrogens with zero attached hydrogens (tertiary/aromatic N) is 1. The molecule has 2 aromatic rings. The molecule has 1 aromatic heterocycles. The summed E-state index contributed by atoms with van der Waals surface area (Å²) in [5, 5.41) is 1.78. The Balaban J connectivity index is 1.69. The van der Waals surface area contributed by atoms with E-state index in [1.807, 2.05) is 18.2 Å². The third-order valence-electron chi connectivity index (χ3n) is 4.15. The van der Waals surface area contributed by atoms with Crippen LogP contribution in [0.3, 0.4) is 0 Å². The molecule has 1 aliphatic rings. The molecule has 1 fully saturated rings. The molecule has 1 saturated heterocycles. The Morgan fingerprint density at radius 3 is 2.54 bits per heavy atom. The van der Waals surface area contributed by atoms with Gasteiger partial charge in [0.2, 0.25) is 10.0 Å². The molecule has 3 rings (SSSR count). The van der Waals surface area contributed by atoms with Crippen molar-refractivity contribution in [3.63, 3.8) is 0 Å². The van der Waals surface area contributed by atoms with E-state index in [0.717, 1.165) is 19.5 Å². The zero-order valence-electron chi connectivity index (χ0n) is 13.4. The predicted molar refractivity (Wildman–Crippen MR) is 95.8 cm³/mol. The van der Waals surface area contributed by atoms with Crippen LogP contribution in [-0.4, -0.2) is 52.2 Å². The van der Waals surface area contributed by atoms with Crippen molar-refractivity contribution < 1.29 is 13.2 Å². The summed E-state index contributed by atoms with van der Waals surface area (Å²) < 4.78 is 33.3. The molecule has 1 N–H and O–H groups in total. The highest BCUT2D eigenvalue weighted by Crippen LogP contribution is 2.16. The second-order valence-corrected chi connectivity index (χ2v) is 8.72. The molecule has 1 unspecified atom stereocenters. The van der Waals surface area contributed by atoms with Gasteiger partial charge in [-0.15, -0.1) is 11.3 Å². The molecule has 0 amide bonds. The maximum atomic E-state index is 12.4. The standard InChI is InChI=1S/C17H22N2O3S2/c20-24(21,17-7-4-12-23-17)18-14-16(19-8-10-22-11-9-19)13-15-5-2-1-3-6-15/h1-7,12,16,18H,8-11,13-14H2. The highest BCUT2D eigenvalue weighted by molar-refractivity contribution is 7.91. The van der Waals surface area contributed by atoms with E-state index in [4.69, 9.17) is 4.74 Å². The molecular weight excluding hydrogens is 344 g/mol. The molecule has 7 heteroatoms. The number of hydrogen-bond donors (Lipinski definition) is 1. The lowest BCUT2D eigenvalue weighted by atomic mass is 10.0. The number of ether oxygens (including phenoxy) is 1. The van der Waals surface area contributed by atoms with E-state index in [9.17, 15) is 8.42 Å². The van der Waals surface area contributed by atoms with E-state index in [1.165, 1.54) is 16.9 Å². The molecule has 24 heavy (non-hydrogen) atoms. The van der Waals surface area contributed by atoms with Crippen LogP contribution in [0.2, 0.25) is 0 Å². The van der Waals surface area contributed by atoms with Gasteiger partial charge in [-0.1, -0.05) is 36.4 Å². The fraction of sp³-hybridized carbons (Fsp3) is 0.412. The second-order valence-electron chi connectivity index (χ2n) is 5.78. The van der Waals surface area contributed by atoms with E-state index < -0.39 is 10.0 Å².